The minimum Gasteiger partial charge on any atom is -0.497 e. The van der Waals surface area contributed by atoms with Crippen molar-refractivity contribution in [2.24, 2.45) is 0 Å². The van der Waals surface area contributed by atoms with Crippen LogP contribution < -0.4 is 9.47 Å². The third-order valence-electron chi connectivity index (χ3n) is 3.31. The number of hydrogen-bond acceptors (Lipinski definition) is 5. The fourth-order valence-electron chi connectivity index (χ4n) is 2.13. The number of benzene rings is 2. The average Bonchev–Trinajstić information content (AvgIpc) is 3.10. The van der Waals surface area contributed by atoms with Gasteiger partial charge in [-0.25, -0.2) is 0 Å². The van der Waals surface area contributed by atoms with E-state index in [9.17, 15) is 0 Å². The van der Waals surface area contributed by atoms with Crippen molar-refractivity contribution in [1.29, 1.82) is 0 Å². The zero-order chi connectivity index (χ0) is 17.6. The van der Waals surface area contributed by atoms with Crippen molar-refractivity contribution in [3.05, 3.63) is 58.8 Å². The molecule has 0 aliphatic carbocycles. The second-order valence-corrected chi connectivity index (χ2v) is 6.86. The molecule has 0 fully saturated rings. The number of hydrogen-bond donors (Lipinski definition) is 0. The molecule has 25 heavy (non-hydrogen) atoms. The van der Waals surface area contributed by atoms with Gasteiger partial charge in [0.1, 0.15) is 17.8 Å². The Balaban J connectivity index is 1.61. The van der Waals surface area contributed by atoms with Gasteiger partial charge in [-0.2, -0.15) is 0 Å². The van der Waals surface area contributed by atoms with Crippen LogP contribution in [-0.2, 0) is 0 Å². The quantitative estimate of drug-likeness (QED) is 0.426. The van der Waals surface area contributed by atoms with Gasteiger partial charge in [0.2, 0.25) is 0 Å². The highest BCUT2D eigenvalue weighted by molar-refractivity contribution is 7.99. The van der Waals surface area contributed by atoms with Crippen LogP contribution in [0.2, 0.25) is 10.0 Å². The molecule has 0 aliphatic heterocycles. The van der Waals surface area contributed by atoms with Gasteiger partial charge in [-0.15, -0.1) is 10.2 Å². The fourth-order valence-corrected chi connectivity index (χ4v) is 3.21. The van der Waals surface area contributed by atoms with Crippen LogP contribution in [0.5, 0.6) is 11.5 Å². The van der Waals surface area contributed by atoms with Crippen LogP contribution in [0.1, 0.15) is 0 Å². The summed E-state index contributed by atoms with van der Waals surface area (Å²) in [5.41, 5.74) is 0.936. The van der Waals surface area contributed by atoms with E-state index in [0.29, 0.717) is 28.2 Å². The molecule has 0 radical (unpaired) electrons. The number of thioether (sulfide) groups is 1. The molecule has 0 spiro atoms. The Kier molecular flexibility index (Phi) is 6.07. The first kappa shape index (κ1) is 17.9. The van der Waals surface area contributed by atoms with Crippen LogP contribution in [0, 0.1) is 0 Å². The normalized spacial score (nSPS) is 10.7. The summed E-state index contributed by atoms with van der Waals surface area (Å²) in [5.74, 6) is 2.04. The van der Waals surface area contributed by atoms with Gasteiger partial charge >= 0.3 is 0 Å². The zero-order valence-electron chi connectivity index (χ0n) is 13.4. The smallest absolute Gasteiger partial charge is 0.195 e. The Morgan fingerprint density at radius 3 is 2.88 bits per heavy atom. The molecule has 0 N–H and O–H groups in total. The molecule has 0 saturated carbocycles. The minimum absolute atomic E-state index is 0.468. The van der Waals surface area contributed by atoms with Crippen molar-refractivity contribution in [3.63, 3.8) is 0 Å². The van der Waals surface area contributed by atoms with Gasteiger partial charge in [0.05, 0.1) is 24.4 Å². The molecule has 1 heterocycles. The Bertz CT molecular complexity index is 857. The SMILES string of the molecule is COc1cccc(-n2cnnc2SCCOc2cc(Cl)ccc2Cl)c1. The van der Waals surface area contributed by atoms with Crippen molar-refractivity contribution >= 4 is 35.0 Å². The van der Waals surface area contributed by atoms with E-state index in [1.54, 1.807) is 31.6 Å². The molecule has 3 rings (SSSR count). The first-order valence-corrected chi connectivity index (χ1v) is 9.16. The van der Waals surface area contributed by atoms with Gasteiger partial charge in [-0.1, -0.05) is 41.0 Å². The molecule has 8 heteroatoms. The van der Waals surface area contributed by atoms with Crippen LogP contribution in [0.15, 0.2) is 53.9 Å². The molecule has 3 aromatic rings. The van der Waals surface area contributed by atoms with Gasteiger partial charge in [-0.05, 0) is 24.3 Å². The molecule has 2 aromatic carbocycles. The minimum atomic E-state index is 0.468. The highest BCUT2D eigenvalue weighted by Gasteiger charge is 2.09. The summed E-state index contributed by atoms with van der Waals surface area (Å²) >= 11 is 13.6. The van der Waals surface area contributed by atoms with Gasteiger partial charge in [0.25, 0.3) is 0 Å². The second kappa shape index (κ2) is 8.47. The molecule has 130 valence electrons. The summed E-state index contributed by atoms with van der Waals surface area (Å²) in [6.07, 6.45) is 1.67. The standard InChI is InChI=1S/C17H15Cl2N3O2S/c1-23-14-4-2-3-13(10-14)22-11-20-21-17(22)25-8-7-24-16-9-12(18)5-6-15(16)19/h2-6,9-11H,7-8H2,1H3. The Labute approximate surface area is 159 Å². The van der Waals surface area contributed by atoms with Crippen LogP contribution in [0.4, 0.5) is 0 Å². The maximum Gasteiger partial charge on any atom is 0.195 e. The first-order chi connectivity index (χ1) is 12.2. The molecule has 0 unspecified atom stereocenters. The summed E-state index contributed by atoms with van der Waals surface area (Å²) in [7, 11) is 1.64. The lowest BCUT2D eigenvalue weighted by Crippen LogP contribution is -2.02. The van der Waals surface area contributed by atoms with Crippen molar-refractivity contribution in [2.75, 3.05) is 19.5 Å². The third-order valence-corrected chi connectivity index (χ3v) is 4.77. The first-order valence-electron chi connectivity index (χ1n) is 7.42. The lowest BCUT2D eigenvalue weighted by atomic mass is 10.3. The van der Waals surface area contributed by atoms with Crippen LogP contribution in [0.3, 0.4) is 0 Å². The zero-order valence-corrected chi connectivity index (χ0v) is 15.7. The molecular weight excluding hydrogens is 381 g/mol. The highest BCUT2D eigenvalue weighted by atomic mass is 35.5. The molecule has 0 saturated heterocycles. The Morgan fingerprint density at radius 1 is 1.16 bits per heavy atom. The van der Waals surface area contributed by atoms with Gasteiger partial charge < -0.3 is 9.47 Å². The van der Waals surface area contributed by atoms with E-state index in [2.05, 4.69) is 10.2 Å². The number of rotatable bonds is 7. The molecule has 0 bridgehead atoms. The average molecular weight is 396 g/mol. The molecule has 1 aromatic heterocycles. The molecule has 5 nitrogen and oxygen atoms in total. The Morgan fingerprint density at radius 2 is 2.04 bits per heavy atom. The van der Waals surface area contributed by atoms with Crippen molar-refractivity contribution in [1.82, 2.24) is 14.8 Å². The molecular formula is C17H15Cl2N3O2S. The molecule has 0 aliphatic rings. The predicted molar refractivity (Wildman–Crippen MR) is 101 cm³/mol. The number of halogens is 2. The highest BCUT2D eigenvalue weighted by Crippen LogP contribution is 2.28. The topological polar surface area (TPSA) is 49.2 Å². The van der Waals surface area contributed by atoms with Gasteiger partial charge in [0.15, 0.2) is 5.16 Å². The fraction of sp³-hybridized carbons (Fsp3) is 0.176. The third kappa shape index (κ3) is 4.60. The summed E-state index contributed by atoms with van der Waals surface area (Å²) in [5, 5.41) is 10.0. The van der Waals surface area contributed by atoms with E-state index in [0.717, 1.165) is 16.6 Å². The van der Waals surface area contributed by atoms with Crippen LogP contribution in [0.25, 0.3) is 5.69 Å². The van der Waals surface area contributed by atoms with Gasteiger partial charge in [0, 0.05) is 22.9 Å². The number of ether oxygens (including phenoxy) is 2. The predicted octanol–water partition coefficient (Wildman–Crippen LogP) is 4.75. The Hall–Kier alpha value is -1.89. The van der Waals surface area contributed by atoms with E-state index >= 15 is 0 Å². The number of nitrogens with zero attached hydrogens (tertiary/aromatic N) is 3. The van der Waals surface area contributed by atoms with E-state index in [1.807, 2.05) is 28.8 Å². The van der Waals surface area contributed by atoms with Crippen molar-refractivity contribution < 1.29 is 9.47 Å². The summed E-state index contributed by atoms with van der Waals surface area (Å²) in [4.78, 5) is 0. The monoisotopic (exact) mass is 395 g/mol. The van der Waals surface area contributed by atoms with E-state index < -0.39 is 0 Å². The van der Waals surface area contributed by atoms with Crippen molar-refractivity contribution in [3.8, 4) is 17.2 Å². The van der Waals surface area contributed by atoms with E-state index in [1.165, 1.54) is 11.8 Å². The van der Waals surface area contributed by atoms with Gasteiger partial charge in [-0.3, -0.25) is 4.57 Å². The second-order valence-electron chi connectivity index (χ2n) is 4.96. The van der Waals surface area contributed by atoms with Crippen LogP contribution in [-0.4, -0.2) is 34.2 Å². The summed E-state index contributed by atoms with van der Waals surface area (Å²) in [6, 6.07) is 12.9. The molecule has 0 atom stereocenters. The number of aromatic nitrogens is 3. The lowest BCUT2D eigenvalue weighted by molar-refractivity contribution is 0.344. The summed E-state index contributed by atoms with van der Waals surface area (Å²) in [6.45, 7) is 0.468. The maximum atomic E-state index is 6.08. The maximum absolute atomic E-state index is 6.08. The van der Waals surface area contributed by atoms with E-state index in [4.69, 9.17) is 32.7 Å². The van der Waals surface area contributed by atoms with Crippen LogP contribution >= 0.6 is 35.0 Å². The molecule has 0 amide bonds. The summed E-state index contributed by atoms with van der Waals surface area (Å²) < 4.78 is 12.8. The largest absolute Gasteiger partial charge is 0.497 e. The lowest BCUT2D eigenvalue weighted by Gasteiger charge is -2.09. The van der Waals surface area contributed by atoms with Crippen molar-refractivity contribution in [2.45, 2.75) is 5.16 Å². The number of methoxy groups -OCH3 is 1. The van der Waals surface area contributed by atoms with E-state index in [-0.39, 0.29) is 0 Å².